The molecule has 0 aromatic heterocycles. The maximum atomic E-state index is 12.2. The van der Waals surface area contributed by atoms with Gasteiger partial charge in [-0.2, -0.15) is 0 Å². The maximum Gasteiger partial charge on any atom is 0.293 e. The van der Waals surface area contributed by atoms with Crippen molar-refractivity contribution in [3.63, 3.8) is 0 Å². The summed E-state index contributed by atoms with van der Waals surface area (Å²) < 4.78 is 12.7. The Hall–Kier alpha value is -2.77. The summed E-state index contributed by atoms with van der Waals surface area (Å²) in [5, 5.41) is 2.02. The molecule has 0 bridgehead atoms. The van der Waals surface area contributed by atoms with Crippen molar-refractivity contribution in [2.45, 2.75) is 13.5 Å². The number of ether oxygens (including phenoxy) is 2. The molecule has 1 fully saturated rings. The van der Waals surface area contributed by atoms with Crippen molar-refractivity contribution < 1.29 is 19.1 Å². The summed E-state index contributed by atoms with van der Waals surface area (Å²) in [4.78, 5) is 25.5. The highest BCUT2D eigenvalue weighted by Gasteiger charge is 2.32. The van der Waals surface area contributed by atoms with Gasteiger partial charge >= 0.3 is 0 Å². The summed E-state index contributed by atoms with van der Waals surface area (Å²) in [5.41, 5.74) is 1.82. The van der Waals surface area contributed by atoms with Crippen LogP contribution in [0.3, 0.4) is 0 Å². The van der Waals surface area contributed by atoms with Crippen LogP contribution < -0.4 is 9.47 Å². The van der Waals surface area contributed by atoms with Crippen molar-refractivity contribution in [2.75, 3.05) is 13.7 Å². The second kappa shape index (κ2) is 9.16. The lowest BCUT2D eigenvalue weighted by atomic mass is 10.1. The van der Waals surface area contributed by atoms with Crippen molar-refractivity contribution in [1.29, 1.82) is 0 Å². The van der Waals surface area contributed by atoms with Gasteiger partial charge in [0, 0.05) is 11.5 Å². The van der Waals surface area contributed by atoms with Crippen molar-refractivity contribution in [1.82, 2.24) is 4.90 Å². The van der Waals surface area contributed by atoms with Gasteiger partial charge in [-0.1, -0.05) is 58.4 Å². The predicted molar refractivity (Wildman–Crippen MR) is 127 cm³/mol. The van der Waals surface area contributed by atoms with Gasteiger partial charge < -0.3 is 9.47 Å². The number of carbonyl (C=O) groups excluding carboxylic acids is 2. The minimum absolute atomic E-state index is 0.285. The van der Waals surface area contributed by atoms with Crippen molar-refractivity contribution >= 4 is 55.7 Å². The average Bonchev–Trinajstić information content (AvgIpc) is 3.01. The van der Waals surface area contributed by atoms with E-state index in [1.165, 1.54) is 7.05 Å². The van der Waals surface area contributed by atoms with E-state index >= 15 is 0 Å². The molecule has 0 aliphatic carbocycles. The third-order valence-electron chi connectivity index (χ3n) is 4.90. The first-order valence-corrected chi connectivity index (χ1v) is 11.4. The first-order valence-electron chi connectivity index (χ1n) is 9.75. The summed E-state index contributed by atoms with van der Waals surface area (Å²) in [6.07, 6.45) is 1.69. The van der Waals surface area contributed by atoms with Gasteiger partial charge in [-0.25, -0.2) is 0 Å². The van der Waals surface area contributed by atoms with Crippen LogP contribution in [0.25, 0.3) is 16.8 Å². The smallest absolute Gasteiger partial charge is 0.293 e. The average molecular weight is 498 g/mol. The van der Waals surface area contributed by atoms with E-state index in [-0.39, 0.29) is 11.1 Å². The first kappa shape index (κ1) is 21.5. The highest BCUT2D eigenvalue weighted by Crippen LogP contribution is 2.38. The van der Waals surface area contributed by atoms with Crippen molar-refractivity contribution in [3.05, 3.63) is 75.1 Å². The molecule has 0 N–H and O–H groups in total. The van der Waals surface area contributed by atoms with Crippen molar-refractivity contribution in [2.24, 2.45) is 0 Å². The molecular formula is C24H20BrNO4S. The molecule has 4 rings (SSSR count). The molecule has 5 nitrogen and oxygen atoms in total. The lowest BCUT2D eigenvalue weighted by molar-refractivity contribution is -0.121. The Morgan fingerprint density at radius 1 is 1.03 bits per heavy atom. The molecule has 0 spiro atoms. The van der Waals surface area contributed by atoms with Gasteiger partial charge in [0.2, 0.25) is 0 Å². The zero-order chi connectivity index (χ0) is 22.0. The van der Waals surface area contributed by atoms with Crippen LogP contribution in [0, 0.1) is 0 Å². The number of amides is 2. The Labute approximate surface area is 193 Å². The topological polar surface area (TPSA) is 55.8 Å². The number of imide groups is 1. The summed E-state index contributed by atoms with van der Waals surface area (Å²) in [7, 11) is 1.48. The van der Waals surface area contributed by atoms with E-state index in [9.17, 15) is 9.59 Å². The van der Waals surface area contributed by atoms with Gasteiger partial charge in [-0.3, -0.25) is 14.5 Å². The van der Waals surface area contributed by atoms with Gasteiger partial charge in [0.1, 0.15) is 6.61 Å². The fourth-order valence-corrected chi connectivity index (χ4v) is 4.56. The Morgan fingerprint density at radius 3 is 2.52 bits per heavy atom. The summed E-state index contributed by atoms with van der Waals surface area (Å²) in [6, 6.07) is 18.0. The summed E-state index contributed by atoms with van der Waals surface area (Å²) in [5.74, 6) is 0.867. The molecule has 0 saturated carbocycles. The van der Waals surface area contributed by atoms with Gasteiger partial charge in [0.15, 0.2) is 11.5 Å². The second-order valence-electron chi connectivity index (χ2n) is 6.92. The highest BCUT2D eigenvalue weighted by molar-refractivity contribution is 9.10. The summed E-state index contributed by atoms with van der Waals surface area (Å²) in [6.45, 7) is 2.76. The van der Waals surface area contributed by atoms with Gasteiger partial charge in [-0.15, -0.1) is 0 Å². The third kappa shape index (κ3) is 4.48. The molecule has 0 radical (unpaired) electrons. The molecule has 7 heteroatoms. The minimum atomic E-state index is -0.309. The van der Waals surface area contributed by atoms with Gasteiger partial charge in [0.25, 0.3) is 11.1 Å². The Bertz CT molecular complexity index is 1200. The molecule has 1 aliphatic rings. The number of rotatable bonds is 6. The predicted octanol–water partition coefficient (Wildman–Crippen LogP) is 6.25. The van der Waals surface area contributed by atoms with Crippen LogP contribution in [0.2, 0.25) is 0 Å². The number of halogens is 1. The van der Waals surface area contributed by atoms with E-state index < -0.39 is 0 Å². The molecule has 0 atom stereocenters. The van der Waals surface area contributed by atoms with Crippen LogP contribution in [-0.2, 0) is 11.4 Å². The maximum absolute atomic E-state index is 12.2. The fraction of sp³-hybridized carbons (Fsp3) is 0.167. The molecular weight excluding hydrogens is 478 g/mol. The van der Waals surface area contributed by atoms with E-state index in [0.717, 1.165) is 43.0 Å². The van der Waals surface area contributed by atoms with Gasteiger partial charge in [0.05, 0.1) is 11.5 Å². The molecule has 1 saturated heterocycles. The largest absolute Gasteiger partial charge is 0.490 e. The van der Waals surface area contributed by atoms with Gasteiger partial charge in [-0.05, 0) is 58.8 Å². The Morgan fingerprint density at radius 2 is 1.77 bits per heavy atom. The number of thioether (sulfide) groups is 1. The molecule has 3 aromatic rings. The van der Waals surface area contributed by atoms with Crippen LogP contribution in [0.15, 0.2) is 64.0 Å². The fourth-order valence-electron chi connectivity index (χ4n) is 3.30. The third-order valence-corrected chi connectivity index (χ3v) is 6.55. The number of carbonyl (C=O) groups is 2. The normalized spacial score (nSPS) is 15.2. The lowest BCUT2D eigenvalue weighted by Crippen LogP contribution is -2.22. The first-order chi connectivity index (χ1) is 15.0. The number of likely N-dealkylation sites (N-methyl/N-ethyl adjacent to an activating group) is 1. The van der Waals surface area contributed by atoms with E-state index in [4.69, 9.17) is 9.47 Å². The molecule has 1 heterocycles. The SMILES string of the molecule is CCOc1cc(/C=C2\SC(=O)N(C)C2=O)c(Br)cc1OCc1cccc2ccccc12. The molecule has 0 unspecified atom stereocenters. The quantitative estimate of drug-likeness (QED) is 0.377. The number of nitrogens with zero attached hydrogens (tertiary/aromatic N) is 1. The zero-order valence-electron chi connectivity index (χ0n) is 17.1. The summed E-state index contributed by atoms with van der Waals surface area (Å²) >= 11 is 4.48. The van der Waals surface area contributed by atoms with Crippen molar-refractivity contribution in [3.8, 4) is 11.5 Å². The Kier molecular flexibility index (Phi) is 6.34. The van der Waals surface area contributed by atoms with E-state index in [1.54, 1.807) is 6.08 Å². The second-order valence-corrected chi connectivity index (χ2v) is 8.77. The van der Waals surface area contributed by atoms with Crippen LogP contribution in [0.1, 0.15) is 18.1 Å². The molecule has 3 aromatic carbocycles. The highest BCUT2D eigenvalue weighted by atomic mass is 79.9. The Balaban J connectivity index is 1.63. The van der Waals surface area contributed by atoms with Crippen LogP contribution in [0.4, 0.5) is 4.79 Å². The van der Waals surface area contributed by atoms with E-state index in [2.05, 4.69) is 34.1 Å². The standard InChI is InChI=1S/C24H20BrNO4S/c1-3-29-20-11-17(12-22-23(27)26(2)24(28)31-22)19(25)13-21(20)30-14-16-9-6-8-15-7-4-5-10-18(15)16/h4-13H,3,14H2,1-2H3/b22-12-. The number of benzene rings is 3. The number of fused-ring (bicyclic) bond motifs is 1. The molecule has 31 heavy (non-hydrogen) atoms. The number of hydrogen-bond donors (Lipinski definition) is 0. The van der Waals surface area contributed by atoms with Crippen LogP contribution in [-0.4, -0.2) is 29.7 Å². The lowest BCUT2D eigenvalue weighted by Gasteiger charge is -2.15. The monoisotopic (exact) mass is 497 g/mol. The van der Waals surface area contributed by atoms with Crippen LogP contribution >= 0.6 is 27.7 Å². The minimum Gasteiger partial charge on any atom is -0.490 e. The van der Waals surface area contributed by atoms with Crippen LogP contribution in [0.5, 0.6) is 11.5 Å². The molecule has 158 valence electrons. The van der Waals surface area contributed by atoms with E-state index in [1.807, 2.05) is 43.3 Å². The molecule has 1 aliphatic heterocycles. The number of hydrogen-bond acceptors (Lipinski definition) is 5. The molecule has 2 amide bonds. The van der Waals surface area contributed by atoms with E-state index in [0.29, 0.717) is 29.6 Å². The zero-order valence-corrected chi connectivity index (χ0v) is 19.5.